The van der Waals surface area contributed by atoms with E-state index in [0.717, 1.165) is 32.2 Å². The Morgan fingerprint density at radius 1 is 0.929 bits per heavy atom. The zero-order chi connectivity index (χ0) is 19.5. The van der Waals surface area contributed by atoms with Crippen molar-refractivity contribution in [1.29, 1.82) is 0 Å². The number of aromatic amines is 1. The summed E-state index contributed by atoms with van der Waals surface area (Å²) in [6.45, 7) is 5.33. The van der Waals surface area contributed by atoms with E-state index >= 15 is 0 Å². The molecule has 1 aromatic heterocycles. The molecule has 0 aliphatic carbocycles. The summed E-state index contributed by atoms with van der Waals surface area (Å²) in [6, 6.07) is 22.2. The molecule has 0 saturated carbocycles. The summed E-state index contributed by atoms with van der Waals surface area (Å²) >= 11 is 0. The predicted octanol–water partition coefficient (Wildman–Crippen LogP) is 6.78. The van der Waals surface area contributed by atoms with Crippen LogP contribution in [-0.4, -0.2) is 11.5 Å². The van der Waals surface area contributed by atoms with Crippen molar-refractivity contribution in [1.82, 2.24) is 4.98 Å². The number of benzene rings is 3. The van der Waals surface area contributed by atoms with Crippen molar-refractivity contribution in [3.8, 4) is 11.3 Å². The number of nitrogens with two attached hydrogens (primary N) is 1. The summed E-state index contributed by atoms with van der Waals surface area (Å²) in [5.41, 5.74) is 12.4. The van der Waals surface area contributed by atoms with Gasteiger partial charge in [0.15, 0.2) is 0 Å². The second-order valence-electron chi connectivity index (χ2n) is 7.87. The summed E-state index contributed by atoms with van der Waals surface area (Å²) in [7, 11) is 0. The molecule has 0 aliphatic heterocycles. The van der Waals surface area contributed by atoms with Gasteiger partial charge in [0.25, 0.3) is 0 Å². The molecule has 2 nitrogen and oxygen atoms in total. The molecule has 3 aromatic carbocycles. The highest BCUT2D eigenvalue weighted by Crippen LogP contribution is 2.36. The van der Waals surface area contributed by atoms with E-state index in [-0.39, 0.29) is 0 Å². The standard InChI is InChI=1S/C26H30N2/c1-3-18(2)20-14-15-25-24(17-20)23(12-6-7-16-27)26(28-25)22-13-8-10-19-9-4-5-11-21(19)22/h4-5,8-11,13-15,17-18,28H,3,6-7,12,16,27H2,1-2H3. The fourth-order valence-corrected chi connectivity index (χ4v) is 4.19. The number of rotatable bonds is 7. The van der Waals surface area contributed by atoms with Crippen molar-refractivity contribution in [2.24, 2.45) is 5.73 Å². The van der Waals surface area contributed by atoms with E-state index in [2.05, 4.69) is 79.5 Å². The number of fused-ring (bicyclic) bond motifs is 2. The number of aryl methyl sites for hydroxylation is 1. The van der Waals surface area contributed by atoms with Crippen molar-refractivity contribution in [3.05, 3.63) is 71.8 Å². The molecule has 144 valence electrons. The first-order valence-electron chi connectivity index (χ1n) is 10.6. The van der Waals surface area contributed by atoms with Crippen LogP contribution in [0.5, 0.6) is 0 Å². The summed E-state index contributed by atoms with van der Waals surface area (Å²) in [5.74, 6) is 0.581. The van der Waals surface area contributed by atoms with E-state index in [9.17, 15) is 0 Å². The maximum Gasteiger partial charge on any atom is 0.0503 e. The van der Waals surface area contributed by atoms with E-state index in [0.29, 0.717) is 5.92 Å². The molecule has 3 N–H and O–H groups in total. The Balaban J connectivity index is 1.92. The van der Waals surface area contributed by atoms with E-state index in [4.69, 9.17) is 5.73 Å². The largest absolute Gasteiger partial charge is 0.354 e. The number of hydrogen-bond acceptors (Lipinski definition) is 1. The molecule has 0 aliphatic rings. The second-order valence-corrected chi connectivity index (χ2v) is 7.87. The number of aromatic nitrogens is 1. The van der Waals surface area contributed by atoms with Crippen molar-refractivity contribution in [2.45, 2.75) is 45.4 Å². The molecule has 4 aromatic rings. The van der Waals surface area contributed by atoms with Crippen molar-refractivity contribution in [2.75, 3.05) is 6.54 Å². The lowest BCUT2D eigenvalue weighted by Crippen LogP contribution is -1.99. The molecule has 2 heteroatoms. The lowest BCUT2D eigenvalue weighted by molar-refractivity contribution is 0.734. The van der Waals surface area contributed by atoms with Crippen LogP contribution in [0.3, 0.4) is 0 Å². The summed E-state index contributed by atoms with van der Waals surface area (Å²) in [5, 5.41) is 3.96. The molecule has 1 unspecified atom stereocenters. The lowest BCUT2D eigenvalue weighted by Gasteiger charge is -2.10. The summed E-state index contributed by atoms with van der Waals surface area (Å²) in [4.78, 5) is 3.75. The molecular weight excluding hydrogens is 340 g/mol. The average Bonchev–Trinajstić information content (AvgIpc) is 3.10. The first-order chi connectivity index (χ1) is 13.7. The monoisotopic (exact) mass is 370 g/mol. The quantitative estimate of drug-likeness (QED) is 0.346. The van der Waals surface area contributed by atoms with Gasteiger partial charge in [-0.1, -0.05) is 62.4 Å². The highest BCUT2D eigenvalue weighted by molar-refractivity contribution is 6.00. The number of nitrogens with one attached hydrogen (secondary N) is 1. The van der Waals surface area contributed by atoms with Crippen LogP contribution in [0.25, 0.3) is 32.9 Å². The Morgan fingerprint density at radius 3 is 2.57 bits per heavy atom. The summed E-state index contributed by atoms with van der Waals surface area (Å²) in [6.07, 6.45) is 4.40. The molecule has 4 rings (SSSR count). The van der Waals surface area contributed by atoms with E-state index in [1.165, 1.54) is 44.1 Å². The third kappa shape index (κ3) is 3.45. The molecule has 0 fully saturated rings. The van der Waals surface area contributed by atoms with Crippen LogP contribution in [0.1, 0.15) is 50.2 Å². The fourth-order valence-electron chi connectivity index (χ4n) is 4.19. The molecule has 1 heterocycles. The first-order valence-corrected chi connectivity index (χ1v) is 10.6. The third-order valence-corrected chi connectivity index (χ3v) is 6.05. The van der Waals surface area contributed by atoms with Crippen LogP contribution >= 0.6 is 0 Å². The highest BCUT2D eigenvalue weighted by atomic mass is 14.7. The minimum Gasteiger partial charge on any atom is -0.354 e. The van der Waals surface area contributed by atoms with E-state index in [1.807, 2.05) is 0 Å². The number of H-pyrrole nitrogens is 1. The predicted molar refractivity (Wildman–Crippen MR) is 122 cm³/mol. The Labute approximate surface area is 167 Å². The zero-order valence-electron chi connectivity index (χ0n) is 17.0. The SMILES string of the molecule is CCC(C)c1ccc2[nH]c(-c3cccc4ccccc34)c(CCCCN)c2c1. The van der Waals surface area contributed by atoms with Gasteiger partial charge in [0.2, 0.25) is 0 Å². The molecule has 28 heavy (non-hydrogen) atoms. The van der Waals surface area contributed by atoms with Crippen molar-refractivity contribution < 1.29 is 0 Å². The third-order valence-electron chi connectivity index (χ3n) is 6.05. The maximum absolute atomic E-state index is 5.78. The van der Waals surface area contributed by atoms with Crippen molar-refractivity contribution in [3.63, 3.8) is 0 Å². The minimum atomic E-state index is 0.581. The van der Waals surface area contributed by atoms with Gasteiger partial charge in [-0.05, 0) is 72.2 Å². The molecule has 1 atom stereocenters. The van der Waals surface area contributed by atoms with Gasteiger partial charge in [-0.3, -0.25) is 0 Å². The van der Waals surface area contributed by atoms with Gasteiger partial charge in [-0.2, -0.15) is 0 Å². The molecule has 0 radical (unpaired) electrons. The Bertz CT molecular complexity index is 1080. The lowest BCUT2D eigenvalue weighted by atomic mass is 9.93. The van der Waals surface area contributed by atoms with Gasteiger partial charge >= 0.3 is 0 Å². The molecule has 0 saturated heterocycles. The van der Waals surface area contributed by atoms with Crippen LogP contribution in [0.15, 0.2) is 60.7 Å². The topological polar surface area (TPSA) is 41.8 Å². The van der Waals surface area contributed by atoms with E-state index < -0.39 is 0 Å². The number of unbranched alkanes of at least 4 members (excludes halogenated alkanes) is 1. The Kier molecular flexibility index (Phi) is 5.50. The van der Waals surface area contributed by atoms with Crippen LogP contribution in [0.2, 0.25) is 0 Å². The Hall–Kier alpha value is -2.58. The van der Waals surface area contributed by atoms with Crippen LogP contribution in [0.4, 0.5) is 0 Å². The normalized spacial score (nSPS) is 12.7. The average molecular weight is 371 g/mol. The molecule has 0 bridgehead atoms. The van der Waals surface area contributed by atoms with Gasteiger partial charge in [-0.25, -0.2) is 0 Å². The van der Waals surface area contributed by atoms with E-state index in [1.54, 1.807) is 0 Å². The molecular formula is C26H30N2. The minimum absolute atomic E-state index is 0.581. The first kappa shape index (κ1) is 18.8. The molecule has 0 spiro atoms. The fraction of sp³-hybridized carbons (Fsp3) is 0.308. The van der Waals surface area contributed by atoms with Crippen molar-refractivity contribution >= 4 is 21.7 Å². The summed E-state index contributed by atoms with van der Waals surface area (Å²) < 4.78 is 0. The van der Waals surface area contributed by atoms with Gasteiger partial charge in [0.1, 0.15) is 0 Å². The number of hydrogen-bond donors (Lipinski definition) is 2. The smallest absolute Gasteiger partial charge is 0.0503 e. The van der Waals surface area contributed by atoms with Gasteiger partial charge in [0, 0.05) is 16.5 Å². The molecule has 0 amide bonds. The Morgan fingerprint density at radius 2 is 1.75 bits per heavy atom. The highest BCUT2D eigenvalue weighted by Gasteiger charge is 2.16. The van der Waals surface area contributed by atoms with Gasteiger partial charge < -0.3 is 10.7 Å². The van der Waals surface area contributed by atoms with Gasteiger partial charge in [0.05, 0.1) is 5.69 Å². The zero-order valence-corrected chi connectivity index (χ0v) is 17.0. The van der Waals surface area contributed by atoms with Gasteiger partial charge in [-0.15, -0.1) is 0 Å². The van der Waals surface area contributed by atoms with Crippen LogP contribution < -0.4 is 5.73 Å². The maximum atomic E-state index is 5.78. The van der Waals surface area contributed by atoms with Crippen LogP contribution in [-0.2, 0) is 6.42 Å². The van der Waals surface area contributed by atoms with Crippen LogP contribution in [0, 0.1) is 0 Å². The second kappa shape index (κ2) is 8.20.